The summed E-state index contributed by atoms with van der Waals surface area (Å²) in [6.07, 6.45) is 5.69. The predicted molar refractivity (Wildman–Crippen MR) is 66.7 cm³/mol. The molecule has 0 aliphatic carbocycles. The van der Waals surface area contributed by atoms with Crippen LogP contribution in [0, 0.1) is 0 Å². The summed E-state index contributed by atoms with van der Waals surface area (Å²) in [7, 11) is 0. The van der Waals surface area contributed by atoms with E-state index in [1.54, 1.807) is 12.4 Å². The molecule has 0 spiro atoms. The Hall–Kier alpha value is -2.22. The first-order chi connectivity index (χ1) is 9.83. The third kappa shape index (κ3) is 1.72. The monoisotopic (exact) mass is 274 g/mol. The maximum Gasteiger partial charge on any atom is 0.271 e. The Kier molecular flexibility index (Phi) is 2.56. The van der Waals surface area contributed by atoms with Crippen LogP contribution < -0.4 is 0 Å². The molecule has 4 heterocycles. The number of likely N-dealkylation sites (tertiary alicyclic amines) is 1. The van der Waals surface area contributed by atoms with Crippen LogP contribution in [0.3, 0.4) is 0 Å². The van der Waals surface area contributed by atoms with Crippen LogP contribution >= 0.6 is 0 Å². The minimum absolute atomic E-state index is 0.0341. The van der Waals surface area contributed by atoms with Crippen LogP contribution in [0.15, 0.2) is 18.7 Å². The van der Waals surface area contributed by atoms with Crippen molar-refractivity contribution in [3.63, 3.8) is 0 Å². The lowest BCUT2D eigenvalue weighted by Crippen LogP contribution is -2.50. The SMILES string of the molecule is O=C(c1cnc[nH]1)N1CC[C@@H]2OCc3cnnn3[C@H]2C1. The van der Waals surface area contributed by atoms with Gasteiger partial charge < -0.3 is 14.6 Å². The fourth-order valence-electron chi connectivity index (χ4n) is 2.91. The fraction of sp³-hybridized carbons (Fsp3) is 0.500. The van der Waals surface area contributed by atoms with Gasteiger partial charge in [0.05, 0.1) is 43.2 Å². The van der Waals surface area contributed by atoms with E-state index in [2.05, 4.69) is 20.3 Å². The van der Waals surface area contributed by atoms with Crippen molar-refractivity contribution in [2.75, 3.05) is 13.1 Å². The van der Waals surface area contributed by atoms with Gasteiger partial charge in [0.25, 0.3) is 5.91 Å². The van der Waals surface area contributed by atoms with E-state index in [0.717, 1.165) is 12.1 Å². The van der Waals surface area contributed by atoms with E-state index in [1.165, 1.54) is 6.33 Å². The minimum Gasteiger partial charge on any atom is -0.370 e. The Balaban J connectivity index is 1.58. The summed E-state index contributed by atoms with van der Waals surface area (Å²) in [5, 5.41) is 8.05. The number of aromatic nitrogens is 5. The van der Waals surface area contributed by atoms with Gasteiger partial charge in [0.1, 0.15) is 5.69 Å². The zero-order chi connectivity index (χ0) is 13.5. The number of piperidine rings is 1. The van der Waals surface area contributed by atoms with Crippen LogP contribution in [-0.4, -0.2) is 55.0 Å². The second-order valence-electron chi connectivity index (χ2n) is 5.09. The Labute approximate surface area is 114 Å². The highest BCUT2D eigenvalue weighted by atomic mass is 16.5. The van der Waals surface area contributed by atoms with Crippen LogP contribution in [0.2, 0.25) is 0 Å². The van der Waals surface area contributed by atoms with Crippen molar-refractivity contribution >= 4 is 5.91 Å². The molecule has 2 aliphatic heterocycles. The van der Waals surface area contributed by atoms with E-state index in [4.69, 9.17) is 4.74 Å². The Morgan fingerprint density at radius 1 is 1.45 bits per heavy atom. The standard InChI is InChI=1S/C12H14N6O2/c19-12(9-4-13-7-14-9)17-2-1-11-10(5-17)18-8(6-20-11)3-15-16-18/h3-4,7,10-11H,1-2,5-6H2,(H,13,14)/t10-,11-/m0/s1. The molecule has 2 aromatic heterocycles. The Bertz CT molecular complexity index is 622. The molecule has 0 radical (unpaired) electrons. The minimum atomic E-state index is -0.0341. The number of rotatable bonds is 1. The molecule has 0 bridgehead atoms. The van der Waals surface area contributed by atoms with Gasteiger partial charge in [-0.3, -0.25) is 4.79 Å². The maximum absolute atomic E-state index is 12.4. The van der Waals surface area contributed by atoms with E-state index >= 15 is 0 Å². The van der Waals surface area contributed by atoms with Crippen molar-refractivity contribution in [1.82, 2.24) is 29.9 Å². The molecule has 8 heteroatoms. The molecule has 0 aromatic carbocycles. The number of ether oxygens (including phenoxy) is 1. The molecule has 2 aromatic rings. The van der Waals surface area contributed by atoms with Crippen LogP contribution in [-0.2, 0) is 11.3 Å². The van der Waals surface area contributed by atoms with Gasteiger partial charge in [-0.2, -0.15) is 0 Å². The molecular weight excluding hydrogens is 260 g/mol. The Morgan fingerprint density at radius 2 is 2.40 bits per heavy atom. The normalized spacial score (nSPS) is 25.1. The van der Waals surface area contributed by atoms with Crippen molar-refractivity contribution in [3.8, 4) is 0 Å². The van der Waals surface area contributed by atoms with Crippen LogP contribution in [0.25, 0.3) is 0 Å². The number of nitrogens with one attached hydrogen (secondary N) is 1. The molecule has 1 saturated heterocycles. The zero-order valence-corrected chi connectivity index (χ0v) is 10.8. The molecule has 1 amide bonds. The summed E-state index contributed by atoms with van der Waals surface area (Å²) in [6, 6.07) is 0.0434. The molecule has 2 aliphatic rings. The quantitative estimate of drug-likeness (QED) is 0.790. The predicted octanol–water partition coefficient (Wildman–Crippen LogP) is -0.0128. The van der Waals surface area contributed by atoms with E-state index in [-0.39, 0.29) is 18.1 Å². The lowest BCUT2D eigenvalue weighted by atomic mass is 10.00. The van der Waals surface area contributed by atoms with Gasteiger partial charge in [-0.25, -0.2) is 9.67 Å². The van der Waals surface area contributed by atoms with Crippen LogP contribution in [0.1, 0.15) is 28.6 Å². The molecular formula is C12H14N6O2. The summed E-state index contributed by atoms with van der Waals surface area (Å²) in [4.78, 5) is 20.9. The fourth-order valence-corrected chi connectivity index (χ4v) is 2.91. The number of amides is 1. The van der Waals surface area contributed by atoms with Crippen molar-refractivity contribution < 1.29 is 9.53 Å². The zero-order valence-electron chi connectivity index (χ0n) is 10.8. The van der Waals surface area contributed by atoms with E-state index in [9.17, 15) is 4.79 Å². The van der Waals surface area contributed by atoms with Gasteiger partial charge in [0, 0.05) is 13.1 Å². The first-order valence-corrected chi connectivity index (χ1v) is 6.61. The van der Waals surface area contributed by atoms with E-state index in [1.807, 2.05) is 9.58 Å². The smallest absolute Gasteiger partial charge is 0.271 e. The molecule has 0 unspecified atom stereocenters. The molecule has 20 heavy (non-hydrogen) atoms. The summed E-state index contributed by atoms with van der Waals surface area (Å²) in [5.74, 6) is -0.0341. The number of nitrogens with zero attached hydrogens (tertiary/aromatic N) is 5. The number of imidazole rings is 1. The summed E-state index contributed by atoms with van der Waals surface area (Å²) >= 11 is 0. The number of fused-ring (bicyclic) bond motifs is 3. The number of hydrogen-bond acceptors (Lipinski definition) is 5. The van der Waals surface area contributed by atoms with Crippen LogP contribution in [0.4, 0.5) is 0 Å². The third-order valence-electron chi connectivity index (χ3n) is 3.94. The van der Waals surface area contributed by atoms with Gasteiger partial charge in [-0.15, -0.1) is 5.10 Å². The summed E-state index contributed by atoms with van der Waals surface area (Å²) < 4.78 is 7.72. The summed E-state index contributed by atoms with van der Waals surface area (Å²) in [5.41, 5.74) is 1.47. The van der Waals surface area contributed by atoms with E-state index in [0.29, 0.717) is 25.4 Å². The van der Waals surface area contributed by atoms with Gasteiger partial charge in [0.15, 0.2) is 0 Å². The number of carbonyl (C=O) groups is 1. The summed E-state index contributed by atoms with van der Waals surface area (Å²) in [6.45, 7) is 1.81. The number of H-pyrrole nitrogens is 1. The van der Waals surface area contributed by atoms with Gasteiger partial charge >= 0.3 is 0 Å². The second kappa shape index (κ2) is 4.41. The maximum atomic E-state index is 12.4. The van der Waals surface area contributed by atoms with Crippen molar-refractivity contribution in [1.29, 1.82) is 0 Å². The average Bonchev–Trinajstić information content (AvgIpc) is 3.16. The first-order valence-electron chi connectivity index (χ1n) is 6.61. The Morgan fingerprint density at radius 3 is 3.25 bits per heavy atom. The number of aromatic amines is 1. The van der Waals surface area contributed by atoms with E-state index < -0.39 is 0 Å². The highest BCUT2D eigenvalue weighted by Crippen LogP contribution is 2.30. The molecule has 0 saturated carbocycles. The molecule has 1 fully saturated rings. The highest BCUT2D eigenvalue weighted by molar-refractivity contribution is 5.92. The molecule has 2 atom stereocenters. The van der Waals surface area contributed by atoms with Crippen molar-refractivity contribution in [2.24, 2.45) is 0 Å². The van der Waals surface area contributed by atoms with Crippen molar-refractivity contribution in [3.05, 3.63) is 30.1 Å². The topological polar surface area (TPSA) is 88.9 Å². The van der Waals surface area contributed by atoms with Gasteiger partial charge in [0.2, 0.25) is 0 Å². The van der Waals surface area contributed by atoms with Gasteiger partial charge in [-0.05, 0) is 6.42 Å². The molecule has 1 N–H and O–H groups in total. The number of carbonyl (C=O) groups excluding carboxylic acids is 1. The van der Waals surface area contributed by atoms with Crippen molar-refractivity contribution in [2.45, 2.75) is 25.2 Å². The lowest BCUT2D eigenvalue weighted by molar-refractivity contribution is -0.0605. The van der Waals surface area contributed by atoms with Gasteiger partial charge in [-0.1, -0.05) is 5.21 Å². The first kappa shape index (κ1) is 11.6. The average molecular weight is 274 g/mol. The third-order valence-corrected chi connectivity index (χ3v) is 3.94. The molecule has 4 rings (SSSR count). The number of hydrogen-bond donors (Lipinski definition) is 1. The highest BCUT2D eigenvalue weighted by Gasteiger charge is 2.38. The molecule has 104 valence electrons. The molecule has 8 nitrogen and oxygen atoms in total. The second-order valence-corrected chi connectivity index (χ2v) is 5.09. The van der Waals surface area contributed by atoms with Crippen LogP contribution in [0.5, 0.6) is 0 Å². The largest absolute Gasteiger partial charge is 0.370 e. The lowest BCUT2D eigenvalue weighted by Gasteiger charge is -2.40.